The van der Waals surface area contributed by atoms with Gasteiger partial charge in [0.2, 0.25) is 0 Å². The monoisotopic (exact) mass is 315 g/mol. The van der Waals surface area contributed by atoms with Gasteiger partial charge in [0, 0.05) is 25.5 Å². The molecule has 4 nitrogen and oxygen atoms in total. The van der Waals surface area contributed by atoms with E-state index in [1.54, 1.807) is 32.9 Å². The molecule has 0 atom stereocenters. The van der Waals surface area contributed by atoms with Crippen LogP contribution in [0.1, 0.15) is 26.3 Å². The van der Waals surface area contributed by atoms with E-state index in [0.717, 1.165) is 4.90 Å². The highest BCUT2D eigenvalue weighted by atomic mass is 19.4. The van der Waals surface area contributed by atoms with Crippen molar-refractivity contribution < 1.29 is 22.5 Å². The first kappa shape index (κ1) is 18.1. The van der Waals surface area contributed by atoms with Crippen molar-refractivity contribution in [1.29, 1.82) is 0 Å². The van der Waals surface area contributed by atoms with E-state index in [1.807, 2.05) is 0 Å². The Kier molecular flexibility index (Phi) is 5.62. The Bertz CT molecular complexity index is 527. The number of pyridine rings is 1. The van der Waals surface area contributed by atoms with Gasteiger partial charge in [-0.25, -0.2) is 4.79 Å². The number of carbonyl (C=O) groups is 1. The molecule has 1 amide bonds. The summed E-state index contributed by atoms with van der Waals surface area (Å²) in [6.45, 7) is 2.14. The van der Waals surface area contributed by atoms with E-state index in [2.05, 4.69) is 11.6 Å². The molecule has 122 valence electrons. The van der Waals surface area contributed by atoms with Crippen LogP contribution in [0.3, 0.4) is 0 Å². The number of amides is 1. The predicted molar refractivity (Wildman–Crippen MR) is 79.1 cm³/mol. The first-order chi connectivity index (χ1) is 9.99. The van der Waals surface area contributed by atoms with Crippen molar-refractivity contribution in [2.24, 2.45) is 0 Å². The molecule has 1 heterocycles. The second-order valence-electron chi connectivity index (χ2n) is 5.92. The average Bonchev–Trinajstić information content (AvgIpc) is 2.36. The van der Waals surface area contributed by atoms with E-state index in [9.17, 15) is 17.7 Å². The molecule has 0 aromatic carbocycles. The molecular weight excluding hydrogens is 296 g/mol. The summed E-state index contributed by atoms with van der Waals surface area (Å²) in [5.41, 5.74) is -1.08. The van der Waals surface area contributed by atoms with Crippen LogP contribution in [0.2, 0.25) is 0 Å². The van der Waals surface area contributed by atoms with Gasteiger partial charge in [-0.05, 0) is 38.5 Å². The molecule has 0 N–H and O–H groups in total. The van der Waals surface area contributed by atoms with Crippen molar-refractivity contribution >= 4 is 13.1 Å². The third kappa shape index (κ3) is 6.20. The maximum Gasteiger partial charge on any atom is 0.506 e. The number of ether oxygens (including phenoxy) is 1. The van der Waals surface area contributed by atoms with Crippen LogP contribution in [0.25, 0.3) is 0 Å². The second-order valence-corrected chi connectivity index (χ2v) is 5.92. The molecule has 0 fully saturated rings. The summed E-state index contributed by atoms with van der Waals surface area (Å²) >= 11 is 0. The van der Waals surface area contributed by atoms with E-state index in [1.165, 1.54) is 12.4 Å². The normalized spacial score (nSPS) is 11.9. The van der Waals surface area contributed by atoms with Crippen LogP contribution in [0.15, 0.2) is 36.6 Å². The smallest absolute Gasteiger partial charge is 0.445 e. The Hall–Kier alpha value is -1.99. The molecule has 0 aliphatic heterocycles. The topological polar surface area (TPSA) is 42.4 Å². The minimum atomic E-state index is -5.21. The Balaban J connectivity index is 2.90. The molecule has 8 heteroatoms. The summed E-state index contributed by atoms with van der Waals surface area (Å²) in [4.78, 5) is 16.9. The van der Waals surface area contributed by atoms with Gasteiger partial charge in [0.1, 0.15) is 5.60 Å². The van der Waals surface area contributed by atoms with Crippen LogP contribution >= 0.6 is 0 Å². The number of hydrogen-bond donors (Lipinski definition) is 0. The molecule has 1 rings (SSSR count). The predicted octanol–water partition coefficient (Wildman–Crippen LogP) is 3.76. The molecule has 1 aromatic rings. The number of rotatable bonds is 5. The van der Waals surface area contributed by atoms with E-state index in [-0.39, 0.29) is 6.54 Å². The second kappa shape index (κ2) is 6.85. The van der Waals surface area contributed by atoms with E-state index in [0.29, 0.717) is 5.56 Å². The van der Waals surface area contributed by atoms with E-state index in [4.69, 9.17) is 4.74 Å². The summed E-state index contributed by atoms with van der Waals surface area (Å²) in [6, 6.07) is 3.25. The Morgan fingerprint density at radius 2 is 1.86 bits per heavy atom. The standard InChI is InChI=1S/C14H19BF3N2O2/c1-11(15(16,17)18)9-20(13(21)22-14(2,3)4)10-12-5-7-19-8-6-12/h5-8H,1,9-10H2,2-4H3/q-1. The minimum absolute atomic E-state index is 0.0113. The van der Waals surface area contributed by atoms with Gasteiger partial charge in [-0.1, -0.05) is 0 Å². The van der Waals surface area contributed by atoms with Crippen LogP contribution in [0.4, 0.5) is 17.7 Å². The molecule has 0 saturated heterocycles. The molecule has 0 aliphatic carbocycles. The van der Waals surface area contributed by atoms with Gasteiger partial charge < -0.3 is 22.6 Å². The highest BCUT2D eigenvalue weighted by Gasteiger charge is 2.30. The number of halogens is 3. The van der Waals surface area contributed by atoms with Crippen LogP contribution in [0, 0.1) is 0 Å². The fraction of sp³-hybridized carbons (Fsp3) is 0.429. The van der Waals surface area contributed by atoms with Crippen LogP contribution in [-0.4, -0.2) is 35.1 Å². The molecule has 0 radical (unpaired) electrons. The molecule has 0 saturated carbocycles. The molecule has 0 aliphatic rings. The van der Waals surface area contributed by atoms with Gasteiger partial charge in [-0.3, -0.25) is 4.98 Å². The van der Waals surface area contributed by atoms with Gasteiger partial charge in [0.05, 0.1) is 0 Å². The van der Waals surface area contributed by atoms with Gasteiger partial charge >= 0.3 is 13.1 Å². The fourth-order valence-electron chi connectivity index (χ4n) is 1.57. The van der Waals surface area contributed by atoms with Crippen LogP contribution < -0.4 is 0 Å². The fourth-order valence-corrected chi connectivity index (χ4v) is 1.57. The van der Waals surface area contributed by atoms with Crippen molar-refractivity contribution in [2.45, 2.75) is 32.9 Å². The number of nitrogens with zero attached hydrogens (tertiary/aromatic N) is 2. The first-order valence-electron chi connectivity index (χ1n) is 6.73. The summed E-state index contributed by atoms with van der Waals surface area (Å²) < 4.78 is 43.3. The molecule has 0 unspecified atom stereocenters. The lowest BCUT2D eigenvalue weighted by atomic mass is 9.80. The highest BCUT2D eigenvalue weighted by Crippen LogP contribution is 2.21. The SMILES string of the molecule is C=C(CN(Cc1ccncc1)C(=O)OC(C)(C)C)[B-](F)(F)F. The van der Waals surface area contributed by atoms with Crippen molar-refractivity contribution in [3.05, 3.63) is 42.1 Å². The van der Waals surface area contributed by atoms with Crippen molar-refractivity contribution in [3.63, 3.8) is 0 Å². The Morgan fingerprint density at radius 3 is 2.32 bits per heavy atom. The third-order valence-electron chi connectivity index (χ3n) is 2.63. The van der Waals surface area contributed by atoms with Gasteiger partial charge in [0.15, 0.2) is 0 Å². The molecule has 22 heavy (non-hydrogen) atoms. The molecule has 1 aromatic heterocycles. The maximum atomic E-state index is 12.7. The van der Waals surface area contributed by atoms with Crippen molar-refractivity contribution in [3.8, 4) is 0 Å². The summed E-state index contributed by atoms with van der Waals surface area (Å²) in [5, 5.41) is 0. The number of carbonyl (C=O) groups excluding carboxylic acids is 1. The largest absolute Gasteiger partial charge is 0.506 e. The minimum Gasteiger partial charge on any atom is -0.445 e. The quantitative estimate of drug-likeness (QED) is 0.777. The Morgan fingerprint density at radius 1 is 1.32 bits per heavy atom. The average molecular weight is 315 g/mol. The lowest BCUT2D eigenvalue weighted by Crippen LogP contribution is -2.40. The van der Waals surface area contributed by atoms with Crippen LogP contribution in [-0.2, 0) is 11.3 Å². The van der Waals surface area contributed by atoms with Gasteiger partial charge in [-0.15, -0.1) is 12.1 Å². The third-order valence-corrected chi connectivity index (χ3v) is 2.63. The lowest BCUT2D eigenvalue weighted by Gasteiger charge is -2.30. The van der Waals surface area contributed by atoms with E-state index >= 15 is 0 Å². The zero-order valence-corrected chi connectivity index (χ0v) is 12.9. The van der Waals surface area contributed by atoms with Crippen LogP contribution in [0.5, 0.6) is 0 Å². The maximum absolute atomic E-state index is 12.7. The summed E-state index contributed by atoms with van der Waals surface area (Å²) in [6.07, 6.45) is 2.20. The molecule has 0 spiro atoms. The van der Waals surface area contributed by atoms with E-state index < -0.39 is 30.7 Å². The highest BCUT2D eigenvalue weighted by molar-refractivity contribution is 6.66. The van der Waals surface area contributed by atoms with Gasteiger partial charge in [-0.2, -0.15) is 0 Å². The molecule has 0 bridgehead atoms. The van der Waals surface area contributed by atoms with Crippen molar-refractivity contribution in [2.75, 3.05) is 6.54 Å². The summed E-state index contributed by atoms with van der Waals surface area (Å²) in [7, 11) is 0. The molecular formula is C14H19BF3N2O2-. The lowest BCUT2D eigenvalue weighted by molar-refractivity contribution is 0.0253. The first-order valence-corrected chi connectivity index (χ1v) is 6.73. The van der Waals surface area contributed by atoms with Crippen molar-refractivity contribution in [1.82, 2.24) is 9.88 Å². The zero-order chi connectivity index (χ0) is 17.0. The number of hydrogen-bond acceptors (Lipinski definition) is 3. The number of aromatic nitrogens is 1. The Labute approximate surface area is 128 Å². The van der Waals surface area contributed by atoms with Gasteiger partial charge in [0.25, 0.3) is 0 Å². The zero-order valence-electron chi connectivity index (χ0n) is 12.9. The summed E-state index contributed by atoms with van der Waals surface area (Å²) in [5.74, 6) is 0.